The molecule has 0 radical (unpaired) electrons. The number of phenols is 1. The number of aromatic hydroxyl groups is 1. The van der Waals surface area contributed by atoms with Gasteiger partial charge in [-0.15, -0.1) is 0 Å². The lowest BCUT2D eigenvalue weighted by Crippen LogP contribution is -2.29. The molecule has 2 N–H and O–H groups in total. The van der Waals surface area contributed by atoms with Gasteiger partial charge >= 0.3 is 5.97 Å². The van der Waals surface area contributed by atoms with Gasteiger partial charge in [0.15, 0.2) is 0 Å². The number of allylic oxidation sites excluding steroid dienone is 1. The Labute approximate surface area is 162 Å². The molecule has 0 saturated heterocycles. The molecule has 0 spiro atoms. The number of rotatable bonds is 6. The molecule has 0 atom stereocenters. The molecule has 2 aromatic rings. The Bertz CT molecular complexity index is 955. The predicted octanol–water partition coefficient (Wildman–Crippen LogP) is 3.40. The summed E-state index contributed by atoms with van der Waals surface area (Å²) in [4.78, 5) is 37.3. The number of aliphatic carboxylic acids is 1. The molecule has 1 aliphatic heterocycles. The van der Waals surface area contributed by atoms with Crippen molar-refractivity contribution < 1.29 is 24.6 Å². The summed E-state index contributed by atoms with van der Waals surface area (Å²) >= 11 is 0. The van der Waals surface area contributed by atoms with Gasteiger partial charge in [0.2, 0.25) is 0 Å². The highest BCUT2D eigenvalue weighted by atomic mass is 16.4. The maximum Gasteiger partial charge on any atom is 0.327 e. The summed E-state index contributed by atoms with van der Waals surface area (Å²) in [6, 6.07) is 11.5. The zero-order valence-corrected chi connectivity index (χ0v) is 15.7. The van der Waals surface area contributed by atoms with E-state index in [1.54, 1.807) is 36.4 Å². The number of carbonyl (C=O) groups is 3. The number of hydrogen-bond donors (Lipinski definition) is 2. The van der Waals surface area contributed by atoms with Crippen LogP contribution in [-0.2, 0) is 17.8 Å². The summed E-state index contributed by atoms with van der Waals surface area (Å²) in [5, 5.41) is 18.8. The molecule has 0 fully saturated rings. The Morgan fingerprint density at radius 2 is 1.64 bits per heavy atom. The maximum absolute atomic E-state index is 12.6. The number of carboxylic acid groups (broad SMARTS) is 1. The van der Waals surface area contributed by atoms with E-state index in [9.17, 15) is 19.5 Å². The van der Waals surface area contributed by atoms with Crippen LogP contribution in [0.3, 0.4) is 0 Å². The second-order valence-corrected chi connectivity index (χ2v) is 7.53. The fourth-order valence-electron chi connectivity index (χ4n) is 3.33. The van der Waals surface area contributed by atoms with Gasteiger partial charge < -0.3 is 10.2 Å². The first kappa shape index (κ1) is 19.4. The summed E-state index contributed by atoms with van der Waals surface area (Å²) in [6.07, 6.45) is 3.19. The van der Waals surface area contributed by atoms with E-state index in [-0.39, 0.29) is 24.1 Å². The van der Waals surface area contributed by atoms with Crippen molar-refractivity contribution in [3.05, 3.63) is 76.9 Å². The molecule has 0 bridgehead atoms. The number of carboxylic acids is 1. The molecular formula is C22H21NO5. The van der Waals surface area contributed by atoms with E-state index in [0.29, 0.717) is 23.1 Å². The summed E-state index contributed by atoms with van der Waals surface area (Å²) in [7, 11) is 0. The molecule has 28 heavy (non-hydrogen) atoms. The molecule has 2 aromatic carbocycles. The Morgan fingerprint density at radius 1 is 1.04 bits per heavy atom. The third kappa shape index (κ3) is 3.96. The van der Waals surface area contributed by atoms with Crippen molar-refractivity contribution in [2.45, 2.75) is 26.8 Å². The highest BCUT2D eigenvalue weighted by Gasteiger charge is 2.35. The first-order valence-electron chi connectivity index (χ1n) is 8.86. The van der Waals surface area contributed by atoms with Crippen molar-refractivity contribution in [2.24, 2.45) is 5.41 Å². The molecule has 0 aliphatic carbocycles. The minimum Gasteiger partial charge on any atom is -0.508 e. The average molecular weight is 379 g/mol. The van der Waals surface area contributed by atoms with E-state index in [1.165, 1.54) is 17.0 Å². The van der Waals surface area contributed by atoms with Crippen molar-refractivity contribution >= 4 is 17.8 Å². The summed E-state index contributed by atoms with van der Waals surface area (Å²) in [5.41, 5.74) is 1.75. The highest BCUT2D eigenvalue weighted by Crippen LogP contribution is 2.30. The molecule has 0 unspecified atom stereocenters. The van der Waals surface area contributed by atoms with Gasteiger partial charge in [-0.1, -0.05) is 38.1 Å². The van der Waals surface area contributed by atoms with Crippen LogP contribution in [-0.4, -0.2) is 32.9 Å². The Morgan fingerprint density at radius 3 is 2.21 bits per heavy atom. The fraction of sp³-hybridized carbons (Fsp3) is 0.227. The van der Waals surface area contributed by atoms with E-state index < -0.39 is 11.4 Å². The quantitative estimate of drug-likeness (QED) is 0.592. The predicted molar refractivity (Wildman–Crippen MR) is 103 cm³/mol. The maximum atomic E-state index is 12.6. The number of nitrogens with zero attached hydrogens (tertiary/aromatic N) is 1. The van der Waals surface area contributed by atoms with Gasteiger partial charge in [0.25, 0.3) is 11.8 Å². The zero-order valence-electron chi connectivity index (χ0n) is 15.7. The smallest absolute Gasteiger partial charge is 0.327 e. The van der Waals surface area contributed by atoms with Gasteiger partial charge in [-0.2, -0.15) is 0 Å². The number of fused-ring (bicyclic) bond motifs is 1. The molecule has 1 heterocycles. The lowest BCUT2D eigenvalue weighted by atomic mass is 9.83. The van der Waals surface area contributed by atoms with Crippen molar-refractivity contribution in [3.63, 3.8) is 0 Å². The van der Waals surface area contributed by atoms with Crippen molar-refractivity contribution in [1.29, 1.82) is 0 Å². The second-order valence-electron chi connectivity index (χ2n) is 7.53. The monoisotopic (exact) mass is 379 g/mol. The zero-order chi connectivity index (χ0) is 20.5. The van der Waals surface area contributed by atoms with Crippen LogP contribution < -0.4 is 0 Å². The molecule has 1 aliphatic rings. The van der Waals surface area contributed by atoms with Gasteiger partial charge in [-0.05, 0) is 47.2 Å². The van der Waals surface area contributed by atoms with Gasteiger partial charge in [-0.25, -0.2) is 4.79 Å². The molecule has 3 rings (SSSR count). The lowest BCUT2D eigenvalue weighted by molar-refractivity contribution is -0.131. The topological polar surface area (TPSA) is 94.9 Å². The standard InChI is InChI=1S/C22H21NO5/c1-22(2,10-9-19(25)26)12-14-7-8-16(24)11-15(14)13-23-20(27)17-5-3-4-6-18(17)21(23)28/h3-11,24H,12-13H2,1-2H3,(H,25,26). The first-order chi connectivity index (χ1) is 13.2. The largest absolute Gasteiger partial charge is 0.508 e. The number of phenolic OH excluding ortho intramolecular Hbond substituents is 1. The number of benzene rings is 2. The second kappa shape index (κ2) is 7.31. The van der Waals surface area contributed by atoms with E-state index in [4.69, 9.17) is 5.11 Å². The van der Waals surface area contributed by atoms with Crippen LogP contribution in [0.1, 0.15) is 45.7 Å². The van der Waals surface area contributed by atoms with Crippen LogP contribution >= 0.6 is 0 Å². The molecular weight excluding hydrogens is 358 g/mol. The molecule has 2 amide bonds. The van der Waals surface area contributed by atoms with Gasteiger partial charge in [-0.3, -0.25) is 14.5 Å². The average Bonchev–Trinajstić information content (AvgIpc) is 2.88. The SMILES string of the molecule is CC(C)(C=CC(=O)O)Cc1ccc(O)cc1CN1C(=O)c2ccccc2C1=O. The van der Waals surface area contributed by atoms with Crippen molar-refractivity contribution in [1.82, 2.24) is 4.90 Å². The third-order valence-electron chi connectivity index (χ3n) is 4.72. The fourth-order valence-corrected chi connectivity index (χ4v) is 3.33. The Kier molecular flexibility index (Phi) is 5.05. The van der Waals surface area contributed by atoms with Crippen molar-refractivity contribution in [2.75, 3.05) is 0 Å². The van der Waals surface area contributed by atoms with E-state index in [0.717, 1.165) is 11.6 Å². The number of hydrogen-bond acceptors (Lipinski definition) is 4. The van der Waals surface area contributed by atoms with Gasteiger partial charge in [0.1, 0.15) is 5.75 Å². The number of amides is 2. The minimum absolute atomic E-state index is 0.0363. The molecule has 144 valence electrons. The van der Waals surface area contributed by atoms with Crippen LogP contribution in [0.15, 0.2) is 54.6 Å². The lowest BCUT2D eigenvalue weighted by Gasteiger charge is -2.23. The molecule has 6 heteroatoms. The van der Waals surface area contributed by atoms with Crippen LogP contribution in [0.2, 0.25) is 0 Å². The first-order valence-corrected chi connectivity index (χ1v) is 8.86. The van der Waals surface area contributed by atoms with E-state index >= 15 is 0 Å². The summed E-state index contributed by atoms with van der Waals surface area (Å²) in [5.74, 6) is -1.71. The van der Waals surface area contributed by atoms with E-state index in [1.807, 2.05) is 13.8 Å². The third-order valence-corrected chi connectivity index (χ3v) is 4.72. The normalized spacial score (nSPS) is 14.0. The van der Waals surface area contributed by atoms with Gasteiger partial charge in [0.05, 0.1) is 17.7 Å². The number of carbonyl (C=O) groups excluding carboxylic acids is 2. The number of imide groups is 1. The molecule has 0 saturated carbocycles. The van der Waals surface area contributed by atoms with Crippen LogP contribution in [0.4, 0.5) is 0 Å². The summed E-state index contributed by atoms with van der Waals surface area (Å²) < 4.78 is 0. The van der Waals surface area contributed by atoms with Crippen molar-refractivity contribution in [3.8, 4) is 5.75 Å². The van der Waals surface area contributed by atoms with Crippen LogP contribution in [0.5, 0.6) is 5.75 Å². The highest BCUT2D eigenvalue weighted by molar-refractivity contribution is 6.21. The van der Waals surface area contributed by atoms with Crippen LogP contribution in [0.25, 0.3) is 0 Å². The Balaban J connectivity index is 1.89. The molecule has 6 nitrogen and oxygen atoms in total. The Hall–Kier alpha value is -3.41. The molecule has 0 aromatic heterocycles. The summed E-state index contributed by atoms with van der Waals surface area (Å²) in [6.45, 7) is 3.82. The van der Waals surface area contributed by atoms with E-state index in [2.05, 4.69) is 0 Å². The van der Waals surface area contributed by atoms with Gasteiger partial charge in [0, 0.05) is 6.08 Å². The van der Waals surface area contributed by atoms with Crippen LogP contribution in [0, 0.1) is 5.41 Å². The minimum atomic E-state index is -1.02.